The summed E-state index contributed by atoms with van der Waals surface area (Å²) in [4.78, 5) is 27.1. The van der Waals surface area contributed by atoms with Gasteiger partial charge in [0.05, 0.1) is 17.8 Å². The number of rotatable bonds is 4. The summed E-state index contributed by atoms with van der Waals surface area (Å²) in [5, 5.41) is 7.97. The van der Waals surface area contributed by atoms with E-state index in [-0.39, 0.29) is 0 Å². The lowest BCUT2D eigenvalue weighted by molar-refractivity contribution is 0.244. The molecule has 3 rings (SSSR count). The fraction of sp³-hybridized carbons (Fsp3) is 0.222. The summed E-state index contributed by atoms with van der Waals surface area (Å²) in [6.07, 6.45) is 0. The van der Waals surface area contributed by atoms with Crippen LogP contribution in [0, 0.1) is 6.92 Å². The third-order valence-electron chi connectivity index (χ3n) is 4.02. The number of ether oxygens (including phenoxy) is 1. The van der Waals surface area contributed by atoms with Gasteiger partial charge in [0.2, 0.25) is 0 Å². The lowest BCUT2D eigenvalue weighted by Gasteiger charge is -2.21. The third-order valence-corrected chi connectivity index (χ3v) is 4.33. The molecule has 1 aromatic heterocycles. The van der Waals surface area contributed by atoms with Crippen molar-refractivity contribution in [3.05, 3.63) is 63.5 Å². The van der Waals surface area contributed by atoms with Crippen molar-refractivity contribution in [3.63, 3.8) is 0 Å². The second-order valence-electron chi connectivity index (χ2n) is 5.74. The van der Waals surface area contributed by atoms with Crippen molar-refractivity contribution < 1.29 is 9.53 Å². The van der Waals surface area contributed by atoms with Crippen LogP contribution in [0.25, 0.3) is 5.69 Å². The first-order valence-electron chi connectivity index (χ1n) is 8.24. The molecule has 0 aliphatic rings. The summed E-state index contributed by atoms with van der Waals surface area (Å²) in [7, 11) is 1.48. The number of halogens is 1. The number of tetrazole rings is 1. The molecule has 0 unspecified atom stereocenters. The van der Waals surface area contributed by atoms with Crippen LogP contribution in [-0.4, -0.2) is 39.5 Å². The Kier molecular flexibility index (Phi) is 5.27. The fourth-order valence-corrected chi connectivity index (χ4v) is 2.89. The molecule has 0 aliphatic carbocycles. The van der Waals surface area contributed by atoms with E-state index < -0.39 is 11.7 Å². The Morgan fingerprint density at radius 3 is 2.67 bits per heavy atom. The molecule has 3 aromatic rings. The van der Waals surface area contributed by atoms with Crippen molar-refractivity contribution in [2.24, 2.45) is 0 Å². The molecular weight excluding hydrogens is 370 g/mol. The first kappa shape index (κ1) is 18.7. The third kappa shape index (κ3) is 3.43. The van der Waals surface area contributed by atoms with E-state index in [1.807, 2.05) is 13.0 Å². The maximum atomic E-state index is 12.9. The number of amides is 1. The van der Waals surface area contributed by atoms with Crippen LogP contribution in [0.1, 0.15) is 12.5 Å². The van der Waals surface area contributed by atoms with Gasteiger partial charge in [-0.05, 0) is 54.1 Å². The summed E-state index contributed by atoms with van der Waals surface area (Å²) in [5.41, 5.74) is 1.13. The number of carbonyl (C=O) groups is 1. The largest absolute Gasteiger partial charge is 0.494 e. The van der Waals surface area contributed by atoms with Gasteiger partial charge < -0.3 is 4.74 Å². The van der Waals surface area contributed by atoms with Gasteiger partial charge in [0.15, 0.2) is 0 Å². The number of aryl methyl sites for hydroxylation is 1. The van der Waals surface area contributed by atoms with Crippen molar-refractivity contribution >= 4 is 23.3 Å². The summed E-state index contributed by atoms with van der Waals surface area (Å²) in [6.45, 7) is 3.98. The van der Waals surface area contributed by atoms with Crippen LogP contribution in [0.5, 0.6) is 5.75 Å². The molecule has 0 radical (unpaired) electrons. The Hall–Kier alpha value is -3.13. The quantitative estimate of drug-likeness (QED) is 0.643. The van der Waals surface area contributed by atoms with Crippen LogP contribution < -0.4 is 15.3 Å². The van der Waals surface area contributed by atoms with E-state index in [0.717, 1.165) is 10.2 Å². The molecule has 140 valence electrons. The number of nitrogens with zero attached hydrogens (tertiary/aromatic N) is 5. The molecule has 0 atom stereocenters. The molecular formula is C18H18ClN5O3. The van der Waals surface area contributed by atoms with E-state index in [1.54, 1.807) is 43.3 Å². The van der Waals surface area contributed by atoms with Gasteiger partial charge >= 0.3 is 11.7 Å². The lowest BCUT2D eigenvalue weighted by atomic mass is 10.2. The van der Waals surface area contributed by atoms with Crippen molar-refractivity contribution in [1.29, 1.82) is 0 Å². The topological polar surface area (TPSA) is 82.2 Å². The van der Waals surface area contributed by atoms with Crippen LogP contribution in [0.3, 0.4) is 0 Å². The average Bonchev–Trinajstić information content (AvgIpc) is 3.06. The first-order valence-corrected chi connectivity index (χ1v) is 8.62. The van der Waals surface area contributed by atoms with Gasteiger partial charge in [0, 0.05) is 6.54 Å². The minimum Gasteiger partial charge on any atom is -0.494 e. The van der Waals surface area contributed by atoms with E-state index in [0.29, 0.717) is 33.4 Å². The van der Waals surface area contributed by atoms with Crippen LogP contribution in [0.4, 0.5) is 10.5 Å². The second kappa shape index (κ2) is 7.63. The van der Waals surface area contributed by atoms with E-state index in [9.17, 15) is 9.59 Å². The van der Waals surface area contributed by atoms with Crippen LogP contribution in [0.2, 0.25) is 5.02 Å². The zero-order valence-corrected chi connectivity index (χ0v) is 15.8. The molecule has 0 aliphatic heterocycles. The van der Waals surface area contributed by atoms with Crippen LogP contribution in [-0.2, 0) is 0 Å². The Morgan fingerprint density at radius 1 is 1.22 bits per heavy atom. The number of methoxy groups -OCH3 is 1. The van der Waals surface area contributed by atoms with Crippen molar-refractivity contribution in [2.75, 3.05) is 18.6 Å². The van der Waals surface area contributed by atoms with Crippen molar-refractivity contribution in [2.45, 2.75) is 13.8 Å². The number of hydrogen-bond donors (Lipinski definition) is 0. The number of hydrogen-bond acceptors (Lipinski definition) is 5. The Morgan fingerprint density at radius 2 is 1.96 bits per heavy atom. The minimum atomic E-state index is -0.702. The molecule has 2 aromatic carbocycles. The maximum absolute atomic E-state index is 12.9. The number of carbonyl (C=O) groups excluding carboxylic acids is 1. The molecule has 1 amide bonds. The van der Waals surface area contributed by atoms with Crippen molar-refractivity contribution in [3.8, 4) is 11.4 Å². The molecule has 0 N–H and O–H groups in total. The summed E-state index contributed by atoms with van der Waals surface area (Å²) < 4.78 is 6.96. The molecule has 1 heterocycles. The molecule has 0 saturated heterocycles. The van der Waals surface area contributed by atoms with E-state index in [4.69, 9.17) is 16.3 Å². The average molecular weight is 388 g/mol. The smallest absolute Gasteiger partial charge is 0.377 e. The van der Waals surface area contributed by atoms with Crippen LogP contribution in [0.15, 0.2) is 47.3 Å². The number of aromatic nitrogens is 4. The Bertz CT molecular complexity index is 1040. The van der Waals surface area contributed by atoms with Gasteiger partial charge in [0.25, 0.3) is 0 Å². The molecule has 0 saturated carbocycles. The van der Waals surface area contributed by atoms with Gasteiger partial charge in [-0.25, -0.2) is 9.59 Å². The highest BCUT2D eigenvalue weighted by Crippen LogP contribution is 2.27. The van der Waals surface area contributed by atoms with Gasteiger partial charge in [-0.1, -0.05) is 29.8 Å². The number of anilines is 1. The number of benzene rings is 2. The highest BCUT2D eigenvalue weighted by Gasteiger charge is 2.24. The fourth-order valence-electron chi connectivity index (χ4n) is 2.67. The lowest BCUT2D eigenvalue weighted by Crippen LogP contribution is -2.41. The maximum Gasteiger partial charge on any atom is 0.377 e. The molecule has 0 fully saturated rings. The molecule has 27 heavy (non-hydrogen) atoms. The summed E-state index contributed by atoms with van der Waals surface area (Å²) in [6, 6.07) is 11.5. The first-order chi connectivity index (χ1) is 13.0. The standard InChI is InChI=1S/C18H18ClN5O3/c1-4-22(15-11-12(2)9-10-13(15)19)17(25)24-18(26)23(20-21-24)14-7-5-6-8-16(14)27-3/h5-11H,4H2,1-3H3. The van der Waals surface area contributed by atoms with E-state index in [1.165, 1.54) is 12.0 Å². The van der Waals surface area contributed by atoms with Gasteiger partial charge in [-0.15, -0.1) is 4.68 Å². The second-order valence-corrected chi connectivity index (χ2v) is 6.15. The van der Waals surface area contributed by atoms with Gasteiger partial charge in [-0.2, -0.15) is 4.68 Å². The van der Waals surface area contributed by atoms with Crippen molar-refractivity contribution in [1.82, 2.24) is 19.8 Å². The monoisotopic (exact) mass is 387 g/mol. The Balaban J connectivity index is 2.04. The Labute approximate surface area is 160 Å². The summed E-state index contributed by atoms with van der Waals surface area (Å²) >= 11 is 6.24. The highest BCUT2D eigenvalue weighted by molar-refractivity contribution is 6.33. The van der Waals surface area contributed by atoms with Gasteiger partial charge in [-0.3, -0.25) is 4.90 Å². The minimum absolute atomic E-state index is 0.302. The van der Waals surface area contributed by atoms with E-state index >= 15 is 0 Å². The molecule has 0 bridgehead atoms. The van der Waals surface area contributed by atoms with Gasteiger partial charge in [0.1, 0.15) is 11.4 Å². The SMILES string of the molecule is CCN(C(=O)n1nnn(-c2ccccc2OC)c1=O)c1cc(C)ccc1Cl. The number of para-hydroxylation sites is 2. The predicted molar refractivity (Wildman–Crippen MR) is 102 cm³/mol. The molecule has 9 heteroatoms. The van der Waals surface area contributed by atoms with Crippen LogP contribution >= 0.6 is 11.6 Å². The molecule has 8 nitrogen and oxygen atoms in total. The molecule has 0 spiro atoms. The predicted octanol–water partition coefficient (Wildman–Crippen LogP) is 2.89. The zero-order chi connectivity index (χ0) is 19.6. The van der Waals surface area contributed by atoms with E-state index in [2.05, 4.69) is 10.4 Å². The summed E-state index contributed by atoms with van der Waals surface area (Å²) in [5.74, 6) is 0.438. The highest BCUT2D eigenvalue weighted by atomic mass is 35.5. The normalized spacial score (nSPS) is 10.7. The zero-order valence-electron chi connectivity index (χ0n) is 15.1.